The average Bonchev–Trinajstić information content (AvgIpc) is 2.37. The van der Waals surface area contributed by atoms with Crippen LogP contribution in [0.2, 0.25) is 5.15 Å². The van der Waals surface area contributed by atoms with Gasteiger partial charge in [-0.3, -0.25) is 0 Å². The Bertz CT molecular complexity index is 435. The SMILES string of the molecule is CC(C)c1nc(Cl)cc(N(C)C2CCCN(C)C2)n1. The van der Waals surface area contributed by atoms with Crippen molar-refractivity contribution in [2.24, 2.45) is 0 Å². The molecule has 1 atom stereocenters. The van der Waals surface area contributed by atoms with Gasteiger partial charge >= 0.3 is 0 Å². The number of halogens is 1. The van der Waals surface area contributed by atoms with Gasteiger partial charge < -0.3 is 9.80 Å². The fraction of sp³-hybridized carbons (Fsp3) is 0.714. The lowest BCUT2D eigenvalue weighted by molar-refractivity contribution is 0.247. The predicted molar refractivity (Wildman–Crippen MR) is 80.1 cm³/mol. The van der Waals surface area contributed by atoms with Crippen molar-refractivity contribution in [2.75, 3.05) is 32.1 Å². The van der Waals surface area contributed by atoms with Gasteiger partial charge in [0.05, 0.1) is 0 Å². The van der Waals surface area contributed by atoms with Gasteiger partial charge in [-0.15, -0.1) is 0 Å². The van der Waals surface area contributed by atoms with Crippen LogP contribution in [0.4, 0.5) is 5.82 Å². The molecule has 0 radical (unpaired) electrons. The van der Waals surface area contributed by atoms with Crippen LogP contribution in [-0.2, 0) is 0 Å². The van der Waals surface area contributed by atoms with E-state index >= 15 is 0 Å². The monoisotopic (exact) mass is 282 g/mol. The molecular formula is C14H23ClN4. The molecule has 1 aromatic rings. The number of nitrogens with zero attached hydrogens (tertiary/aromatic N) is 4. The van der Waals surface area contributed by atoms with Crippen molar-refractivity contribution in [3.8, 4) is 0 Å². The summed E-state index contributed by atoms with van der Waals surface area (Å²) < 4.78 is 0. The number of piperidine rings is 1. The summed E-state index contributed by atoms with van der Waals surface area (Å²) >= 11 is 6.12. The van der Waals surface area contributed by atoms with E-state index in [-0.39, 0.29) is 0 Å². The summed E-state index contributed by atoms with van der Waals surface area (Å²) in [6.45, 7) is 6.44. The van der Waals surface area contributed by atoms with Crippen LogP contribution < -0.4 is 4.90 Å². The maximum absolute atomic E-state index is 6.12. The number of anilines is 1. The number of aromatic nitrogens is 2. The predicted octanol–water partition coefficient (Wildman–Crippen LogP) is 2.78. The van der Waals surface area contributed by atoms with Gasteiger partial charge in [-0.25, -0.2) is 9.97 Å². The minimum Gasteiger partial charge on any atom is -0.355 e. The van der Waals surface area contributed by atoms with Crippen molar-refractivity contribution < 1.29 is 0 Å². The maximum Gasteiger partial charge on any atom is 0.135 e. The highest BCUT2D eigenvalue weighted by Crippen LogP contribution is 2.23. The van der Waals surface area contributed by atoms with E-state index in [0.717, 1.165) is 18.2 Å². The van der Waals surface area contributed by atoms with E-state index in [2.05, 4.69) is 47.7 Å². The summed E-state index contributed by atoms with van der Waals surface area (Å²) in [6.07, 6.45) is 2.45. The average molecular weight is 283 g/mol. The summed E-state index contributed by atoms with van der Waals surface area (Å²) in [6, 6.07) is 2.37. The largest absolute Gasteiger partial charge is 0.355 e. The van der Waals surface area contributed by atoms with Crippen molar-refractivity contribution >= 4 is 17.4 Å². The first kappa shape index (κ1) is 14.5. The van der Waals surface area contributed by atoms with Crippen LogP contribution in [0.25, 0.3) is 0 Å². The third-order valence-electron chi connectivity index (χ3n) is 3.72. The van der Waals surface area contributed by atoms with Crippen LogP contribution in [-0.4, -0.2) is 48.1 Å². The number of likely N-dealkylation sites (N-methyl/N-ethyl adjacent to an activating group) is 2. The van der Waals surface area contributed by atoms with Crippen molar-refractivity contribution in [2.45, 2.75) is 38.6 Å². The van der Waals surface area contributed by atoms with Gasteiger partial charge in [0, 0.05) is 31.6 Å². The Morgan fingerprint density at radius 2 is 2.16 bits per heavy atom. The van der Waals surface area contributed by atoms with Gasteiger partial charge in [-0.1, -0.05) is 25.4 Å². The molecule has 1 aliphatic heterocycles. The molecule has 1 fully saturated rings. The molecule has 0 aromatic carbocycles. The molecule has 19 heavy (non-hydrogen) atoms. The lowest BCUT2D eigenvalue weighted by atomic mass is 10.1. The Labute approximate surface area is 120 Å². The molecule has 106 valence electrons. The topological polar surface area (TPSA) is 32.3 Å². The van der Waals surface area contributed by atoms with Crippen LogP contribution in [0.5, 0.6) is 0 Å². The van der Waals surface area contributed by atoms with Gasteiger partial charge in [0.1, 0.15) is 16.8 Å². The summed E-state index contributed by atoms with van der Waals surface area (Å²) in [4.78, 5) is 13.6. The Morgan fingerprint density at radius 3 is 2.79 bits per heavy atom. The number of rotatable bonds is 3. The van der Waals surface area contributed by atoms with Crippen LogP contribution in [0.3, 0.4) is 0 Å². The second-order valence-corrected chi connectivity index (χ2v) is 6.12. The zero-order chi connectivity index (χ0) is 14.0. The fourth-order valence-corrected chi connectivity index (χ4v) is 2.69. The third-order valence-corrected chi connectivity index (χ3v) is 3.92. The quantitative estimate of drug-likeness (QED) is 0.798. The van der Waals surface area contributed by atoms with Crippen molar-refractivity contribution in [1.82, 2.24) is 14.9 Å². The summed E-state index contributed by atoms with van der Waals surface area (Å²) in [7, 11) is 4.28. The van der Waals surface area contributed by atoms with Crippen molar-refractivity contribution in [3.05, 3.63) is 17.0 Å². The molecule has 5 heteroatoms. The van der Waals surface area contributed by atoms with Crippen molar-refractivity contribution in [1.29, 1.82) is 0 Å². The lowest BCUT2D eigenvalue weighted by Crippen LogP contribution is -2.45. The summed E-state index contributed by atoms with van der Waals surface area (Å²) in [5.41, 5.74) is 0. The molecule has 0 N–H and O–H groups in total. The highest BCUT2D eigenvalue weighted by molar-refractivity contribution is 6.29. The molecule has 2 rings (SSSR count). The van der Waals surface area contributed by atoms with E-state index in [9.17, 15) is 0 Å². The highest BCUT2D eigenvalue weighted by atomic mass is 35.5. The molecule has 1 saturated heterocycles. The minimum absolute atomic E-state index is 0.292. The first-order valence-electron chi connectivity index (χ1n) is 6.93. The number of hydrogen-bond acceptors (Lipinski definition) is 4. The molecular weight excluding hydrogens is 260 g/mol. The van der Waals surface area contributed by atoms with Crippen LogP contribution in [0.1, 0.15) is 38.4 Å². The van der Waals surface area contributed by atoms with E-state index in [4.69, 9.17) is 11.6 Å². The second-order valence-electron chi connectivity index (χ2n) is 5.73. The van der Waals surface area contributed by atoms with Gasteiger partial charge in [0.2, 0.25) is 0 Å². The molecule has 0 amide bonds. The minimum atomic E-state index is 0.292. The molecule has 2 heterocycles. The highest BCUT2D eigenvalue weighted by Gasteiger charge is 2.23. The first-order chi connectivity index (χ1) is 8.97. The Balaban J connectivity index is 2.20. The van der Waals surface area contributed by atoms with Gasteiger partial charge in [-0.2, -0.15) is 0 Å². The van der Waals surface area contributed by atoms with Crippen molar-refractivity contribution in [3.63, 3.8) is 0 Å². The third kappa shape index (κ3) is 3.57. The molecule has 0 saturated carbocycles. The zero-order valence-electron chi connectivity index (χ0n) is 12.2. The van der Waals surface area contributed by atoms with E-state index in [1.54, 1.807) is 0 Å². The fourth-order valence-electron chi connectivity index (χ4n) is 2.50. The number of hydrogen-bond donors (Lipinski definition) is 0. The Hall–Kier alpha value is -0.870. The maximum atomic E-state index is 6.12. The van der Waals surface area contributed by atoms with E-state index in [0.29, 0.717) is 17.1 Å². The number of likely N-dealkylation sites (tertiary alicyclic amines) is 1. The standard InChI is InChI=1S/C14H23ClN4/c1-10(2)14-16-12(15)8-13(17-14)19(4)11-6-5-7-18(3)9-11/h8,10-11H,5-7,9H2,1-4H3. The lowest BCUT2D eigenvalue weighted by Gasteiger charge is -2.36. The van der Waals surface area contributed by atoms with Crippen LogP contribution in [0, 0.1) is 0 Å². The molecule has 1 aliphatic rings. The summed E-state index contributed by atoms with van der Waals surface area (Å²) in [5, 5.41) is 0.532. The Morgan fingerprint density at radius 1 is 1.42 bits per heavy atom. The second kappa shape index (κ2) is 6.06. The van der Waals surface area contributed by atoms with E-state index < -0.39 is 0 Å². The van der Waals surface area contributed by atoms with E-state index in [1.807, 2.05) is 6.07 Å². The smallest absolute Gasteiger partial charge is 0.135 e. The molecule has 1 aromatic heterocycles. The molecule has 0 aliphatic carbocycles. The van der Waals surface area contributed by atoms with Gasteiger partial charge in [-0.05, 0) is 26.4 Å². The normalized spacial score (nSPS) is 20.8. The van der Waals surface area contributed by atoms with E-state index in [1.165, 1.54) is 19.4 Å². The molecule has 0 bridgehead atoms. The van der Waals surface area contributed by atoms with Gasteiger partial charge in [0.25, 0.3) is 0 Å². The summed E-state index contributed by atoms with van der Waals surface area (Å²) in [5.74, 6) is 2.04. The molecule has 4 nitrogen and oxygen atoms in total. The Kier molecular flexibility index (Phi) is 4.63. The first-order valence-corrected chi connectivity index (χ1v) is 7.31. The molecule has 0 spiro atoms. The molecule has 1 unspecified atom stereocenters. The van der Waals surface area contributed by atoms with Gasteiger partial charge in [0.15, 0.2) is 0 Å². The zero-order valence-corrected chi connectivity index (χ0v) is 13.0. The van der Waals surface area contributed by atoms with Crippen LogP contribution >= 0.6 is 11.6 Å². The van der Waals surface area contributed by atoms with Crippen LogP contribution in [0.15, 0.2) is 6.07 Å².